The van der Waals surface area contributed by atoms with Gasteiger partial charge in [0.15, 0.2) is 0 Å². The van der Waals surface area contributed by atoms with Crippen molar-refractivity contribution >= 4 is 41.0 Å². The van der Waals surface area contributed by atoms with E-state index in [1.807, 2.05) is 0 Å². The Bertz CT molecular complexity index is 619. The van der Waals surface area contributed by atoms with Crippen LogP contribution < -0.4 is 10.2 Å². The largest absolute Gasteiger partial charge is 0.446 e. The molecule has 0 spiro atoms. The van der Waals surface area contributed by atoms with Crippen LogP contribution in [0.1, 0.15) is 13.8 Å². The van der Waals surface area contributed by atoms with Crippen molar-refractivity contribution in [3.05, 3.63) is 23.2 Å². The average Bonchev–Trinajstić information content (AvgIpc) is 2.50. The summed E-state index contributed by atoms with van der Waals surface area (Å²) in [7, 11) is 0. The molecule has 0 aromatic heterocycles. The Morgan fingerprint density at radius 3 is 2.33 bits per heavy atom. The van der Waals surface area contributed by atoms with Gasteiger partial charge in [-0.2, -0.15) is 13.2 Å². The molecular formula is C12H10ClF3N2O2S. The van der Waals surface area contributed by atoms with Crippen molar-refractivity contribution in [3.8, 4) is 0 Å². The summed E-state index contributed by atoms with van der Waals surface area (Å²) in [4.78, 5) is 24.5. The fraction of sp³-hybridized carbons (Fsp3) is 0.333. The van der Waals surface area contributed by atoms with Gasteiger partial charge < -0.3 is 5.32 Å². The molecule has 1 fully saturated rings. The fourth-order valence-electron chi connectivity index (χ4n) is 1.82. The Labute approximate surface area is 127 Å². The van der Waals surface area contributed by atoms with Crippen LogP contribution in [-0.2, 0) is 4.79 Å². The molecule has 21 heavy (non-hydrogen) atoms. The van der Waals surface area contributed by atoms with Gasteiger partial charge >= 0.3 is 11.5 Å². The molecule has 4 nitrogen and oxygen atoms in total. The molecular weight excluding hydrogens is 329 g/mol. The van der Waals surface area contributed by atoms with Gasteiger partial charge in [0.1, 0.15) is 5.54 Å². The highest BCUT2D eigenvalue weighted by Crippen LogP contribution is 2.41. The standard InChI is InChI=1S/C12H10ClF3N2O2S/c1-11(2)9(19)18(10(20)17-11)6-3-4-8(7(13)5-6)21-12(14,15)16/h3-5H,1-2H3,(H,17,20). The van der Waals surface area contributed by atoms with Gasteiger partial charge in [0.05, 0.1) is 10.7 Å². The molecule has 0 atom stereocenters. The predicted octanol–water partition coefficient (Wildman–Crippen LogP) is 3.79. The van der Waals surface area contributed by atoms with Crippen LogP contribution in [0.3, 0.4) is 0 Å². The highest BCUT2D eigenvalue weighted by Gasteiger charge is 2.45. The smallest absolute Gasteiger partial charge is 0.323 e. The number of carbonyl (C=O) groups excluding carboxylic acids is 2. The molecule has 114 valence electrons. The van der Waals surface area contributed by atoms with Gasteiger partial charge in [0.2, 0.25) is 0 Å². The molecule has 0 unspecified atom stereocenters. The van der Waals surface area contributed by atoms with Crippen molar-refractivity contribution in [2.24, 2.45) is 0 Å². The maximum Gasteiger partial charge on any atom is 0.446 e. The number of anilines is 1. The van der Waals surface area contributed by atoms with E-state index in [2.05, 4.69) is 5.32 Å². The van der Waals surface area contributed by atoms with Gasteiger partial charge in [-0.1, -0.05) is 11.6 Å². The van der Waals surface area contributed by atoms with E-state index >= 15 is 0 Å². The van der Waals surface area contributed by atoms with E-state index in [-0.39, 0.29) is 27.4 Å². The third-order valence-electron chi connectivity index (χ3n) is 2.76. The van der Waals surface area contributed by atoms with Crippen LogP contribution in [0.2, 0.25) is 5.02 Å². The van der Waals surface area contributed by atoms with Crippen molar-refractivity contribution in [1.82, 2.24) is 5.32 Å². The van der Waals surface area contributed by atoms with Crippen LogP contribution in [0, 0.1) is 0 Å². The molecule has 1 aliphatic heterocycles. The summed E-state index contributed by atoms with van der Waals surface area (Å²) in [5.74, 6) is -0.500. The van der Waals surface area contributed by atoms with Crippen molar-refractivity contribution in [2.75, 3.05) is 4.90 Å². The molecule has 0 aliphatic carbocycles. The quantitative estimate of drug-likeness (QED) is 0.659. The summed E-state index contributed by atoms with van der Waals surface area (Å²) in [5.41, 5.74) is -5.41. The van der Waals surface area contributed by atoms with Gasteiger partial charge in [-0.3, -0.25) is 4.79 Å². The molecule has 1 N–H and O–H groups in total. The zero-order valence-corrected chi connectivity index (χ0v) is 12.5. The van der Waals surface area contributed by atoms with Gasteiger partial charge in [-0.15, -0.1) is 0 Å². The van der Waals surface area contributed by atoms with Crippen LogP contribution in [0.15, 0.2) is 23.1 Å². The van der Waals surface area contributed by atoms with Crippen LogP contribution in [0.25, 0.3) is 0 Å². The molecule has 0 bridgehead atoms. The molecule has 1 heterocycles. The first-order valence-corrected chi connectivity index (χ1v) is 6.93. The lowest BCUT2D eigenvalue weighted by molar-refractivity contribution is -0.121. The normalized spacial score (nSPS) is 18.1. The topological polar surface area (TPSA) is 49.4 Å². The number of benzene rings is 1. The number of nitrogens with zero attached hydrogens (tertiary/aromatic N) is 1. The Hall–Kier alpha value is -1.41. The summed E-state index contributed by atoms with van der Waals surface area (Å²) >= 11 is 5.43. The van der Waals surface area contributed by atoms with E-state index in [1.165, 1.54) is 19.9 Å². The van der Waals surface area contributed by atoms with Gasteiger partial charge in [0, 0.05) is 4.90 Å². The van der Waals surface area contributed by atoms with Crippen LogP contribution in [-0.4, -0.2) is 23.0 Å². The Balaban J connectivity index is 2.33. The molecule has 2 rings (SSSR count). The van der Waals surface area contributed by atoms with Crippen LogP contribution >= 0.6 is 23.4 Å². The van der Waals surface area contributed by atoms with E-state index in [1.54, 1.807) is 0 Å². The van der Waals surface area contributed by atoms with E-state index in [0.29, 0.717) is 0 Å². The average molecular weight is 339 g/mol. The zero-order chi connectivity index (χ0) is 16.0. The number of thioether (sulfide) groups is 1. The number of halogens is 4. The Morgan fingerprint density at radius 2 is 1.90 bits per heavy atom. The van der Waals surface area contributed by atoms with Crippen molar-refractivity contribution in [1.29, 1.82) is 0 Å². The third-order valence-corrected chi connectivity index (χ3v) is 3.99. The minimum Gasteiger partial charge on any atom is -0.323 e. The minimum absolute atomic E-state index is 0.125. The number of urea groups is 1. The predicted molar refractivity (Wildman–Crippen MR) is 73.5 cm³/mol. The maximum absolute atomic E-state index is 12.3. The van der Waals surface area contributed by atoms with E-state index in [0.717, 1.165) is 17.0 Å². The Kier molecular flexibility index (Phi) is 3.88. The van der Waals surface area contributed by atoms with Crippen molar-refractivity contribution < 1.29 is 22.8 Å². The molecule has 1 aromatic rings. The van der Waals surface area contributed by atoms with E-state index in [9.17, 15) is 22.8 Å². The zero-order valence-electron chi connectivity index (χ0n) is 10.9. The minimum atomic E-state index is -4.46. The number of amides is 3. The van der Waals surface area contributed by atoms with Crippen LogP contribution in [0.4, 0.5) is 23.7 Å². The first kappa shape index (κ1) is 16.0. The summed E-state index contributed by atoms with van der Waals surface area (Å²) in [5, 5.41) is 2.29. The number of nitrogens with one attached hydrogen (secondary N) is 1. The Morgan fingerprint density at radius 1 is 1.29 bits per heavy atom. The molecule has 1 saturated heterocycles. The van der Waals surface area contributed by atoms with Gasteiger partial charge in [0.25, 0.3) is 5.91 Å². The molecule has 0 radical (unpaired) electrons. The molecule has 3 amide bonds. The highest BCUT2D eigenvalue weighted by molar-refractivity contribution is 8.00. The number of imide groups is 1. The molecule has 1 aliphatic rings. The highest BCUT2D eigenvalue weighted by atomic mass is 35.5. The second kappa shape index (κ2) is 5.10. The van der Waals surface area contributed by atoms with Gasteiger partial charge in [-0.05, 0) is 43.8 Å². The lowest BCUT2D eigenvalue weighted by Crippen LogP contribution is -2.40. The number of hydrogen-bond donors (Lipinski definition) is 1. The first-order chi connectivity index (χ1) is 9.51. The summed E-state index contributed by atoms with van der Waals surface area (Å²) < 4.78 is 37.0. The van der Waals surface area contributed by atoms with E-state index in [4.69, 9.17) is 11.6 Å². The lowest BCUT2D eigenvalue weighted by Gasteiger charge is -2.17. The van der Waals surface area contributed by atoms with Crippen molar-refractivity contribution in [3.63, 3.8) is 0 Å². The second-order valence-electron chi connectivity index (χ2n) is 4.86. The number of alkyl halides is 3. The lowest BCUT2D eigenvalue weighted by atomic mass is 10.1. The monoisotopic (exact) mass is 338 g/mol. The summed E-state index contributed by atoms with van der Waals surface area (Å²) in [6, 6.07) is 2.90. The third kappa shape index (κ3) is 3.26. The summed E-state index contributed by atoms with van der Waals surface area (Å²) in [6.07, 6.45) is 0. The van der Waals surface area contributed by atoms with Gasteiger partial charge in [-0.25, -0.2) is 9.69 Å². The molecule has 0 saturated carbocycles. The SMILES string of the molecule is CC1(C)NC(=O)N(c2ccc(SC(F)(F)F)c(Cl)c2)C1=O. The molecule has 9 heteroatoms. The fourth-order valence-corrected chi connectivity index (χ4v) is 2.65. The van der Waals surface area contributed by atoms with E-state index < -0.39 is 23.0 Å². The second-order valence-corrected chi connectivity index (χ2v) is 6.37. The van der Waals surface area contributed by atoms with Crippen molar-refractivity contribution in [2.45, 2.75) is 29.8 Å². The first-order valence-electron chi connectivity index (χ1n) is 5.73. The van der Waals surface area contributed by atoms with Crippen LogP contribution in [0.5, 0.6) is 0 Å². The maximum atomic E-state index is 12.3. The number of carbonyl (C=O) groups is 2. The number of hydrogen-bond acceptors (Lipinski definition) is 3. The summed E-state index contributed by atoms with van der Waals surface area (Å²) in [6.45, 7) is 3.06. The number of rotatable bonds is 2. The molecule has 1 aromatic carbocycles.